The van der Waals surface area contributed by atoms with Crippen LogP contribution in [-0.2, 0) is 7.05 Å². The average molecular weight is 292 g/mol. The van der Waals surface area contributed by atoms with Gasteiger partial charge in [-0.15, -0.1) is 0 Å². The van der Waals surface area contributed by atoms with Crippen LogP contribution in [-0.4, -0.2) is 24.7 Å². The van der Waals surface area contributed by atoms with Crippen molar-refractivity contribution in [3.8, 4) is 11.4 Å². The highest BCUT2D eigenvalue weighted by atomic mass is 79.9. The third-order valence-electron chi connectivity index (χ3n) is 2.57. The number of aryl methyl sites for hydroxylation is 2. The molecule has 0 fully saturated rings. The van der Waals surface area contributed by atoms with Crippen LogP contribution in [0.1, 0.15) is 5.69 Å². The van der Waals surface area contributed by atoms with Crippen molar-refractivity contribution in [2.45, 2.75) is 6.92 Å². The van der Waals surface area contributed by atoms with Gasteiger partial charge in [0.2, 0.25) is 0 Å². The van der Waals surface area contributed by atoms with Crippen molar-refractivity contribution in [3.05, 3.63) is 28.6 Å². The van der Waals surface area contributed by atoms with Gasteiger partial charge in [0.25, 0.3) is 0 Å². The Bertz CT molecular complexity index is 697. The first-order valence-corrected chi connectivity index (χ1v) is 5.94. The molecule has 0 aliphatic rings. The molecule has 0 bridgehead atoms. The van der Waals surface area contributed by atoms with Gasteiger partial charge in [-0.3, -0.25) is 4.68 Å². The Morgan fingerprint density at radius 3 is 2.94 bits per heavy atom. The number of aromatic amines is 1. The molecular weight excluding hydrogens is 282 g/mol. The highest BCUT2D eigenvalue weighted by Gasteiger charge is 2.11. The lowest BCUT2D eigenvalue weighted by Crippen LogP contribution is -1.86. The van der Waals surface area contributed by atoms with E-state index in [9.17, 15) is 0 Å². The third-order valence-corrected chi connectivity index (χ3v) is 3.01. The number of hydrogen-bond acceptors (Lipinski definition) is 3. The molecule has 3 heterocycles. The van der Waals surface area contributed by atoms with Crippen molar-refractivity contribution < 1.29 is 0 Å². The zero-order chi connectivity index (χ0) is 12.0. The van der Waals surface area contributed by atoms with E-state index in [0.29, 0.717) is 5.65 Å². The van der Waals surface area contributed by atoms with Crippen LogP contribution in [0.5, 0.6) is 0 Å². The van der Waals surface area contributed by atoms with Gasteiger partial charge in [-0.1, -0.05) is 0 Å². The fourth-order valence-corrected chi connectivity index (χ4v) is 2.17. The molecule has 0 saturated heterocycles. The Kier molecular flexibility index (Phi) is 2.25. The van der Waals surface area contributed by atoms with Crippen LogP contribution in [0, 0.1) is 6.92 Å². The Labute approximate surface area is 106 Å². The minimum absolute atomic E-state index is 0.714. The highest BCUT2D eigenvalue weighted by Crippen LogP contribution is 2.23. The molecule has 0 saturated carbocycles. The Morgan fingerprint density at radius 1 is 1.41 bits per heavy atom. The molecule has 0 radical (unpaired) electrons. The molecule has 5 nitrogen and oxygen atoms in total. The van der Waals surface area contributed by atoms with E-state index in [4.69, 9.17) is 0 Å². The van der Waals surface area contributed by atoms with Crippen LogP contribution in [0.2, 0.25) is 0 Å². The molecule has 17 heavy (non-hydrogen) atoms. The summed E-state index contributed by atoms with van der Waals surface area (Å²) in [6.45, 7) is 1.96. The van der Waals surface area contributed by atoms with Crippen molar-refractivity contribution in [2.24, 2.45) is 7.05 Å². The maximum Gasteiger partial charge on any atom is 0.178 e. The largest absolute Gasteiger partial charge is 0.336 e. The molecule has 0 aliphatic carbocycles. The van der Waals surface area contributed by atoms with Crippen molar-refractivity contribution in [2.75, 3.05) is 0 Å². The van der Waals surface area contributed by atoms with Gasteiger partial charge in [-0.05, 0) is 28.9 Å². The van der Waals surface area contributed by atoms with E-state index in [0.717, 1.165) is 27.1 Å². The smallest absolute Gasteiger partial charge is 0.178 e. The second-order valence-corrected chi connectivity index (χ2v) is 4.83. The second kappa shape index (κ2) is 3.66. The summed E-state index contributed by atoms with van der Waals surface area (Å²) < 4.78 is 2.71. The summed E-state index contributed by atoms with van der Waals surface area (Å²) in [4.78, 5) is 12.0. The van der Waals surface area contributed by atoms with Crippen molar-refractivity contribution in [3.63, 3.8) is 0 Å². The fourth-order valence-electron chi connectivity index (χ4n) is 1.83. The number of pyridine rings is 1. The maximum absolute atomic E-state index is 4.46. The number of hydrogen-bond donors (Lipinski definition) is 1. The van der Waals surface area contributed by atoms with Gasteiger partial charge < -0.3 is 4.98 Å². The van der Waals surface area contributed by atoms with E-state index in [-0.39, 0.29) is 0 Å². The molecule has 6 heteroatoms. The molecule has 0 aliphatic heterocycles. The van der Waals surface area contributed by atoms with Gasteiger partial charge >= 0.3 is 0 Å². The van der Waals surface area contributed by atoms with Gasteiger partial charge in [0.05, 0.1) is 16.8 Å². The zero-order valence-electron chi connectivity index (χ0n) is 9.40. The van der Waals surface area contributed by atoms with Crippen LogP contribution in [0.4, 0.5) is 0 Å². The number of fused-ring (bicyclic) bond motifs is 1. The lowest BCUT2D eigenvalue weighted by molar-refractivity contribution is 0.756. The average Bonchev–Trinajstić information content (AvgIpc) is 2.80. The Balaban J connectivity index is 2.21. The Hall–Kier alpha value is -1.69. The summed E-state index contributed by atoms with van der Waals surface area (Å²) in [6.07, 6.45) is 3.69. The number of aromatic nitrogens is 5. The second-order valence-electron chi connectivity index (χ2n) is 3.91. The van der Waals surface area contributed by atoms with E-state index in [1.807, 2.05) is 26.2 Å². The number of H-pyrrole nitrogens is 1. The summed E-state index contributed by atoms with van der Waals surface area (Å²) >= 11 is 3.39. The highest BCUT2D eigenvalue weighted by molar-refractivity contribution is 9.10. The molecule has 86 valence electrons. The molecule has 0 unspecified atom stereocenters. The molecule has 3 rings (SSSR count). The van der Waals surface area contributed by atoms with Crippen molar-refractivity contribution in [1.82, 2.24) is 24.7 Å². The van der Waals surface area contributed by atoms with E-state index >= 15 is 0 Å². The first-order chi connectivity index (χ1) is 8.13. The van der Waals surface area contributed by atoms with E-state index in [1.165, 1.54) is 0 Å². The van der Waals surface area contributed by atoms with Gasteiger partial charge in [0.1, 0.15) is 5.82 Å². The Morgan fingerprint density at radius 2 is 2.24 bits per heavy atom. The molecule has 1 N–H and O–H groups in total. The van der Waals surface area contributed by atoms with Crippen molar-refractivity contribution in [1.29, 1.82) is 0 Å². The van der Waals surface area contributed by atoms with Crippen LogP contribution >= 0.6 is 15.9 Å². The molecule has 0 amide bonds. The van der Waals surface area contributed by atoms with E-state index in [1.54, 1.807) is 10.9 Å². The number of imidazole rings is 1. The predicted molar refractivity (Wildman–Crippen MR) is 68.5 cm³/mol. The topological polar surface area (TPSA) is 59.4 Å². The normalized spacial score (nSPS) is 11.2. The van der Waals surface area contributed by atoms with Crippen LogP contribution in [0.25, 0.3) is 22.6 Å². The SMILES string of the molecule is Cc1nn(C)cc1-c1nc2ncc(Br)cc2[nH]1. The first kappa shape index (κ1) is 10.5. The fraction of sp³-hybridized carbons (Fsp3) is 0.182. The lowest BCUT2D eigenvalue weighted by Gasteiger charge is -1.90. The van der Waals surface area contributed by atoms with Gasteiger partial charge in [0, 0.05) is 23.9 Å². The van der Waals surface area contributed by atoms with Crippen LogP contribution < -0.4 is 0 Å². The predicted octanol–water partition coefficient (Wildman–Crippen LogP) is 2.43. The lowest BCUT2D eigenvalue weighted by atomic mass is 10.2. The summed E-state index contributed by atoms with van der Waals surface area (Å²) in [5.74, 6) is 0.802. The van der Waals surface area contributed by atoms with Crippen molar-refractivity contribution >= 4 is 27.1 Å². The number of rotatable bonds is 1. The monoisotopic (exact) mass is 291 g/mol. The minimum Gasteiger partial charge on any atom is -0.336 e. The maximum atomic E-state index is 4.46. The summed E-state index contributed by atoms with van der Waals surface area (Å²) in [7, 11) is 1.90. The van der Waals surface area contributed by atoms with E-state index < -0.39 is 0 Å². The summed E-state index contributed by atoms with van der Waals surface area (Å²) in [5, 5.41) is 4.30. The number of nitrogens with zero attached hydrogens (tertiary/aromatic N) is 4. The molecule has 3 aromatic rings. The van der Waals surface area contributed by atoms with Gasteiger partial charge in [0.15, 0.2) is 5.65 Å². The van der Waals surface area contributed by atoms with Crippen LogP contribution in [0.15, 0.2) is 22.9 Å². The standard InChI is InChI=1S/C11H10BrN5/c1-6-8(5-17(2)16-6)10-14-9-3-7(12)4-13-11(9)15-10/h3-5H,1-2H3,(H,13,14,15). The molecular formula is C11H10BrN5. The molecule has 0 atom stereocenters. The van der Waals surface area contributed by atoms with Crippen LogP contribution in [0.3, 0.4) is 0 Å². The molecule has 0 aromatic carbocycles. The first-order valence-electron chi connectivity index (χ1n) is 5.15. The summed E-state index contributed by atoms with van der Waals surface area (Å²) in [5.41, 5.74) is 3.58. The zero-order valence-corrected chi connectivity index (χ0v) is 11.0. The quantitative estimate of drug-likeness (QED) is 0.749. The van der Waals surface area contributed by atoms with Gasteiger partial charge in [-0.2, -0.15) is 5.10 Å². The molecule has 0 spiro atoms. The van der Waals surface area contributed by atoms with E-state index in [2.05, 4.69) is 36.0 Å². The number of nitrogens with one attached hydrogen (secondary N) is 1. The number of halogens is 1. The minimum atomic E-state index is 0.714. The third kappa shape index (κ3) is 1.74. The summed E-state index contributed by atoms with van der Waals surface area (Å²) in [6, 6.07) is 1.96. The van der Waals surface area contributed by atoms with Gasteiger partial charge in [-0.25, -0.2) is 9.97 Å². The molecule has 3 aromatic heterocycles.